The first kappa shape index (κ1) is 12.5. The van der Waals surface area contributed by atoms with Crippen molar-refractivity contribution < 1.29 is 9.90 Å². The summed E-state index contributed by atoms with van der Waals surface area (Å²) in [6.45, 7) is 4.37. The summed E-state index contributed by atoms with van der Waals surface area (Å²) in [6, 6.07) is 6.92. The fraction of sp³-hybridized carbons (Fsp3) is 0.417. The number of urea groups is 1. The van der Waals surface area contributed by atoms with Gasteiger partial charge in [-0.2, -0.15) is 0 Å². The van der Waals surface area contributed by atoms with Crippen molar-refractivity contribution in [3.63, 3.8) is 0 Å². The van der Waals surface area contributed by atoms with Crippen LogP contribution in [0.5, 0.6) is 0 Å². The van der Waals surface area contributed by atoms with Gasteiger partial charge in [-0.05, 0) is 31.0 Å². The number of carbonyl (C=O) groups excluding carboxylic acids is 1. The summed E-state index contributed by atoms with van der Waals surface area (Å²) in [6.07, 6.45) is 0.428. The molecule has 0 heterocycles. The van der Waals surface area contributed by atoms with Crippen molar-refractivity contribution in [1.82, 2.24) is 5.32 Å². The van der Waals surface area contributed by atoms with Crippen LogP contribution in [0.4, 0.5) is 10.5 Å². The van der Waals surface area contributed by atoms with Crippen molar-refractivity contribution in [2.75, 3.05) is 11.9 Å². The maximum Gasteiger partial charge on any atom is 0.319 e. The second-order valence-electron chi connectivity index (χ2n) is 3.68. The first-order valence-corrected chi connectivity index (χ1v) is 5.46. The minimum absolute atomic E-state index is 0.202. The highest BCUT2D eigenvalue weighted by Gasteiger charge is 2.02. The van der Waals surface area contributed by atoms with Gasteiger partial charge in [0.1, 0.15) is 0 Å². The van der Waals surface area contributed by atoms with E-state index in [-0.39, 0.29) is 6.03 Å². The van der Waals surface area contributed by atoms with E-state index in [1.165, 1.54) is 0 Å². The Labute approximate surface area is 95.7 Å². The average Bonchev–Trinajstić information content (AvgIpc) is 2.27. The van der Waals surface area contributed by atoms with Gasteiger partial charge in [0.05, 0.1) is 6.10 Å². The second kappa shape index (κ2) is 6.12. The molecule has 0 aliphatic rings. The van der Waals surface area contributed by atoms with Crippen LogP contribution in [0.1, 0.15) is 31.9 Å². The predicted molar refractivity (Wildman–Crippen MR) is 64.4 cm³/mol. The Morgan fingerprint density at radius 1 is 1.38 bits per heavy atom. The van der Waals surface area contributed by atoms with Crippen molar-refractivity contribution in [1.29, 1.82) is 0 Å². The van der Waals surface area contributed by atoms with E-state index in [2.05, 4.69) is 10.6 Å². The van der Waals surface area contributed by atoms with E-state index in [0.717, 1.165) is 17.7 Å². The number of hydrogen-bond donors (Lipinski definition) is 3. The fourth-order valence-corrected chi connectivity index (χ4v) is 1.26. The summed E-state index contributed by atoms with van der Waals surface area (Å²) in [7, 11) is 0. The molecule has 1 atom stereocenters. The molecule has 0 aliphatic heterocycles. The Bertz CT molecular complexity index is 333. The zero-order valence-electron chi connectivity index (χ0n) is 9.66. The Morgan fingerprint density at radius 3 is 2.50 bits per heavy atom. The van der Waals surface area contributed by atoms with Gasteiger partial charge in [0.2, 0.25) is 0 Å². The van der Waals surface area contributed by atoms with Gasteiger partial charge in [-0.25, -0.2) is 4.79 Å². The maximum absolute atomic E-state index is 11.3. The van der Waals surface area contributed by atoms with E-state index in [0.29, 0.717) is 6.54 Å². The van der Waals surface area contributed by atoms with Crippen LogP contribution >= 0.6 is 0 Å². The molecule has 16 heavy (non-hydrogen) atoms. The van der Waals surface area contributed by atoms with E-state index >= 15 is 0 Å². The molecule has 1 unspecified atom stereocenters. The van der Waals surface area contributed by atoms with E-state index < -0.39 is 6.10 Å². The Kier molecular flexibility index (Phi) is 4.79. The monoisotopic (exact) mass is 222 g/mol. The van der Waals surface area contributed by atoms with Gasteiger partial charge in [-0.3, -0.25) is 0 Å². The Balaban J connectivity index is 2.51. The molecule has 0 radical (unpaired) electrons. The van der Waals surface area contributed by atoms with Gasteiger partial charge < -0.3 is 15.7 Å². The lowest BCUT2D eigenvalue weighted by Crippen LogP contribution is -2.29. The van der Waals surface area contributed by atoms with Gasteiger partial charge in [-0.1, -0.05) is 19.1 Å². The zero-order chi connectivity index (χ0) is 12.0. The SMILES string of the molecule is CCCNC(=O)Nc1ccc(C(C)O)cc1. The highest BCUT2D eigenvalue weighted by atomic mass is 16.3. The van der Waals surface area contributed by atoms with Crippen molar-refractivity contribution in [2.24, 2.45) is 0 Å². The molecule has 2 amide bonds. The smallest absolute Gasteiger partial charge is 0.319 e. The largest absolute Gasteiger partial charge is 0.389 e. The predicted octanol–water partition coefficient (Wildman–Crippen LogP) is 2.27. The van der Waals surface area contributed by atoms with E-state index in [1.54, 1.807) is 31.2 Å². The van der Waals surface area contributed by atoms with E-state index in [9.17, 15) is 9.90 Å². The minimum Gasteiger partial charge on any atom is -0.389 e. The third-order valence-corrected chi connectivity index (χ3v) is 2.19. The molecule has 88 valence electrons. The maximum atomic E-state index is 11.3. The zero-order valence-corrected chi connectivity index (χ0v) is 9.66. The first-order valence-electron chi connectivity index (χ1n) is 5.46. The van der Waals surface area contributed by atoms with Gasteiger partial charge in [0, 0.05) is 12.2 Å². The van der Waals surface area contributed by atoms with E-state index in [1.807, 2.05) is 6.92 Å². The van der Waals surface area contributed by atoms with Crippen LogP contribution in [0.25, 0.3) is 0 Å². The minimum atomic E-state index is -0.483. The highest BCUT2D eigenvalue weighted by molar-refractivity contribution is 5.89. The molecule has 0 spiro atoms. The van der Waals surface area contributed by atoms with Gasteiger partial charge in [0.15, 0.2) is 0 Å². The van der Waals surface area contributed by atoms with Crippen LogP contribution in [0.15, 0.2) is 24.3 Å². The molecule has 1 aromatic carbocycles. The number of anilines is 1. The number of rotatable bonds is 4. The summed E-state index contributed by atoms with van der Waals surface area (Å²) in [5.41, 5.74) is 1.55. The molecule has 0 saturated carbocycles. The molecular formula is C12H18N2O2. The standard InChI is InChI=1S/C12H18N2O2/c1-3-8-13-12(16)14-11-6-4-10(5-7-11)9(2)15/h4-7,9,15H,3,8H2,1-2H3,(H2,13,14,16). The molecule has 3 N–H and O–H groups in total. The lowest BCUT2D eigenvalue weighted by Gasteiger charge is -2.08. The number of benzene rings is 1. The summed E-state index contributed by atoms with van der Waals surface area (Å²) in [5.74, 6) is 0. The van der Waals surface area contributed by atoms with Crippen LogP contribution in [0.3, 0.4) is 0 Å². The second-order valence-corrected chi connectivity index (χ2v) is 3.68. The lowest BCUT2D eigenvalue weighted by atomic mass is 10.1. The van der Waals surface area contributed by atoms with Crippen molar-refractivity contribution in [3.8, 4) is 0 Å². The number of aliphatic hydroxyl groups excluding tert-OH is 1. The molecular weight excluding hydrogens is 204 g/mol. The molecule has 0 fully saturated rings. The summed E-state index contributed by atoms with van der Waals surface area (Å²) in [5, 5.41) is 14.7. The Hall–Kier alpha value is -1.55. The number of amides is 2. The Morgan fingerprint density at radius 2 is 2.00 bits per heavy atom. The number of hydrogen-bond acceptors (Lipinski definition) is 2. The van der Waals surface area contributed by atoms with Crippen LogP contribution in [-0.2, 0) is 0 Å². The molecule has 1 aromatic rings. The van der Waals surface area contributed by atoms with Gasteiger partial charge in [-0.15, -0.1) is 0 Å². The summed E-state index contributed by atoms with van der Waals surface area (Å²) < 4.78 is 0. The van der Waals surface area contributed by atoms with E-state index in [4.69, 9.17) is 0 Å². The third kappa shape index (κ3) is 3.90. The topological polar surface area (TPSA) is 61.4 Å². The van der Waals surface area contributed by atoms with Crippen LogP contribution in [0, 0.1) is 0 Å². The highest BCUT2D eigenvalue weighted by Crippen LogP contribution is 2.15. The molecule has 4 nitrogen and oxygen atoms in total. The molecule has 0 saturated heterocycles. The van der Waals surface area contributed by atoms with Gasteiger partial charge in [0.25, 0.3) is 0 Å². The number of carbonyl (C=O) groups is 1. The summed E-state index contributed by atoms with van der Waals surface area (Å²) >= 11 is 0. The fourth-order valence-electron chi connectivity index (χ4n) is 1.26. The van der Waals surface area contributed by atoms with Crippen LogP contribution in [0.2, 0.25) is 0 Å². The molecule has 0 aliphatic carbocycles. The first-order chi connectivity index (χ1) is 7.63. The summed E-state index contributed by atoms with van der Waals surface area (Å²) in [4.78, 5) is 11.3. The average molecular weight is 222 g/mol. The molecule has 0 aromatic heterocycles. The van der Waals surface area contributed by atoms with Crippen LogP contribution in [-0.4, -0.2) is 17.7 Å². The number of nitrogens with one attached hydrogen (secondary N) is 2. The van der Waals surface area contributed by atoms with Gasteiger partial charge >= 0.3 is 6.03 Å². The molecule has 0 bridgehead atoms. The van der Waals surface area contributed by atoms with Crippen molar-refractivity contribution >= 4 is 11.7 Å². The quantitative estimate of drug-likeness (QED) is 0.731. The van der Waals surface area contributed by atoms with Crippen LogP contribution < -0.4 is 10.6 Å². The normalized spacial score (nSPS) is 11.9. The van der Waals surface area contributed by atoms with Crippen molar-refractivity contribution in [2.45, 2.75) is 26.4 Å². The number of aliphatic hydroxyl groups is 1. The lowest BCUT2D eigenvalue weighted by molar-refractivity contribution is 0.199. The molecule has 1 rings (SSSR count). The third-order valence-electron chi connectivity index (χ3n) is 2.19. The van der Waals surface area contributed by atoms with Crippen molar-refractivity contribution in [3.05, 3.63) is 29.8 Å². The molecule has 4 heteroatoms.